The smallest absolute Gasteiger partial charge is 0.276 e. The fourth-order valence-corrected chi connectivity index (χ4v) is 3.36. The van der Waals surface area contributed by atoms with Crippen LogP contribution in [0.4, 0.5) is 0 Å². The largest absolute Gasteiger partial charge is 0.304 e. The molecule has 0 amide bonds. The molecule has 2 N–H and O–H groups in total. The molecule has 1 aromatic rings. The average molecular weight is 347 g/mol. The lowest BCUT2D eigenvalue weighted by molar-refractivity contribution is 0.113. The summed E-state index contributed by atoms with van der Waals surface area (Å²) in [5.41, 5.74) is 0.951. The van der Waals surface area contributed by atoms with E-state index in [1.54, 1.807) is 0 Å². The molecule has 1 heterocycles. The van der Waals surface area contributed by atoms with Gasteiger partial charge in [-0.25, -0.2) is 9.44 Å². The molecule has 1 unspecified atom stereocenters. The number of nitrogens with zero attached hydrogens (tertiary/aromatic N) is 2. The fourth-order valence-electron chi connectivity index (χ4n) is 2.58. The topological polar surface area (TPSA) is 64.7 Å². The Balaban J connectivity index is 2.19. The number of halogens is 1. The van der Waals surface area contributed by atoms with Gasteiger partial charge in [0, 0.05) is 50.8 Å². The third-order valence-corrected chi connectivity index (χ3v) is 5.41. The number of rotatable bonds is 6. The number of hydrogen-bond donors (Lipinski definition) is 2. The van der Waals surface area contributed by atoms with Gasteiger partial charge in [-0.15, -0.1) is 0 Å². The Bertz CT molecular complexity index is 588. The molecule has 1 aliphatic heterocycles. The van der Waals surface area contributed by atoms with E-state index < -0.39 is 10.2 Å². The molecule has 0 bridgehead atoms. The summed E-state index contributed by atoms with van der Waals surface area (Å²) in [5.74, 6) is 0. The van der Waals surface area contributed by atoms with E-state index in [9.17, 15) is 8.42 Å². The van der Waals surface area contributed by atoms with Gasteiger partial charge in [-0.2, -0.15) is 8.42 Å². The molecule has 2 rings (SSSR count). The van der Waals surface area contributed by atoms with Crippen molar-refractivity contribution in [3.8, 4) is 0 Å². The maximum atomic E-state index is 11.7. The van der Waals surface area contributed by atoms with E-state index in [0.717, 1.165) is 31.7 Å². The van der Waals surface area contributed by atoms with Crippen molar-refractivity contribution in [2.75, 3.05) is 46.8 Å². The van der Waals surface area contributed by atoms with Crippen LogP contribution in [0, 0.1) is 0 Å². The van der Waals surface area contributed by atoms with Crippen LogP contribution in [-0.4, -0.2) is 65.0 Å². The molecule has 0 spiro atoms. The van der Waals surface area contributed by atoms with E-state index in [-0.39, 0.29) is 12.6 Å². The number of likely N-dealkylation sites (N-methyl/N-ethyl adjacent to an activating group) is 1. The van der Waals surface area contributed by atoms with Crippen LogP contribution in [0.2, 0.25) is 5.02 Å². The zero-order valence-corrected chi connectivity index (χ0v) is 14.5. The first-order valence-electron chi connectivity index (χ1n) is 7.28. The van der Waals surface area contributed by atoms with Gasteiger partial charge >= 0.3 is 0 Å². The lowest BCUT2D eigenvalue weighted by Crippen LogP contribution is -2.49. The van der Waals surface area contributed by atoms with Gasteiger partial charge in [0.15, 0.2) is 0 Å². The molecule has 8 heteroatoms. The highest BCUT2D eigenvalue weighted by Crippen LogP contribution is 2.28. The second-order valence-corrected chi connectivity index (χ2v) is 7.54. The van der Waals surface area contributed by atoms with Gasteiger partial charge in [0.25, 0.3) is 10.2 Å². The fraction of sp³-hybridized carbons (Fsp3) is 0.571. The lowest BCUT2D eigenvalue weighted by atomic mass is 10.0. The summed E-state index contributed by atoms with van der Waals surface area (Å²) in [6.45, 7) is 3.97. The molecule has 1 atom stereocenters. The first-order valence-corrected chi connectivity index (χ1v) is 9.14. The highest BCUT2D eigenvalue weighted by Gasteiger charge is 2.26. The molecule has 0 aliphatic carbocycles. The van der Waals surface area contributed by atoms with Crippen LogP contribution in [-0.2, 0) is 10.2 Å². The molecule has 1 fully saturated rings. The van der Waals surface area contributed by atoms with Crippen LogP contribution < -0.4 is 9.44 Å². The van der Waals surface area contributed by atoms with Crippen molar-refractivity contribution in [1.82, 2.24) is 19.2 Å². The lowest BCUT2D eigenvalue weighted by Gasteiger charge is -2.38. The summed E-state index contributed by atoms with van der Waals surface area (Å²) >= 11 is 6.32. The van der Waals surface area contributed by atoms with Gasteiger partial charge in [0.2, 0.25) is 0 Å². The SMILES string of the molecule is CNS(=O)(=O)NCC(c1ccccc1Cl)N1CCN(C)CC1. The summed E-state index contributed by atoms with van der Waals surface area (Å²) in [5, 5.41) is 0.662. The molecular formula is C14H23ClN4O2S. The minimum Gasteiger partial charge on any atom is -0.304 e. The maximum Gasteiger partial charge on any atom is 0.276 e. The van der Waals surface area contributed by atoms with Crippen LogP contribution in [0.1, 0.15) is 11.6 Å². The highest BCUT2D eigenvalue weighted by atomic mass is 35.5. The molecular weight excluding hydrogens is 324 g/mol. The van der Waals surface area contributed by atoms with E-state index in [4.69, 9.17) is 11.6 Å². The quantitative estimate of drug-likeness (QED) is 0.795. The van der Waals surface area contributed by atoms with Crippen molar-refractivity contribution >= 4 is 21.8 Å². The summed E-state index contributed by atoms with van der Waals surface area (Å²) in [7, 11) is 0.0154. The Morgan fingerprint density at radius 1 is 1.23 bits per heavy atom. The Morgan fingerprint density at radius 3 is 2.45 bits per heavy atom. The number of benzene rings is 1. The van der Waals surface area contributed by atoms with E-state index in [1.165, 1.54) is 7.05 Å². The van der Waals surface area contributed by atoms with Crippen LogP contribution in [0.15, 0.2) is 24.3 Å². The molecule has 1 saturated heterocycles. The minimum absolute atomic E-state index is 0.0782. The van der Waals surface area contributed by atoms with Crippen LogP contribution in [0.3, 0.4) is 0 Å². The van der Waals surface area contributed by atoms with E-state index in [0.29, 0.717) is 5.02 Å². The Kier molecular flexibility index (Phi) is 6.19. The van der Waals surface area contributed by atoms with Crippen molar-refractivity contribution in [1.29, 1.82) is 0 Å². The van der Waals surface area contributed by atoms with Gasteiger partial charge in [-0.05, 0) is 18.7 Å². The molecule has 1 aromatic carbocycles. The van der Waals surface area contributed by atoms with Gasteiger partial charge in [0.1, 0.15) is 0 Å². The van der Waals surface area contributed by atoms with Gasteiger partial charge in [0.05, 0.1) is 0 Å². The molecule has 1 aliphatic rings. The van der Waals surface area contributed by atoms with Crippen LogP contribution in [0.5, 0.6) is 0 Å². The predicted molar refractivity (Wildman–Crippen MR) is 89.2 cm³/mol. The number of piperazine rings is 1. The molecule has 6 nitrogen and oxygen atoms in total. The third kappa shape index (κ3) is 4.65. The zero-order valence-electron chi connectivity index (χ0n) is 12.9. The van der Waals surface area contributed by atoms with Crippen molar-refractivity contribution < 1.29 is 8.42 Å². The van der Waals surface area contributed by atoms with Crippen molar-refractivity contribution in [3.63, 3.8) is 0 Å². The van der Waals surface area contributed by atoms with Crippen molar-refractivity contribution in [2.24, 2.45) is 0 Å². The van der Waals surface area contributed by atoms with Gasteiger partial charge < -0.3 is 4.90 Å². The predicted octanol–water partition coefficient (Wildman–Crippen LogP) is 0.682. The second kappa shape index (κ2) is 7.72. The molecule has 124 valence electrons. The number of hydrogen-bond acceptors (Lipinski definition) is 4. The van der Waals surface area contributed by atoms with Crippen LogP contribution >= 0.6 is 11.6 Å². The van der Waals surface area contributed by atoms with Gasteiger partial charge in [-0.1, -0.05) is 29.8 Å². The number of nitrogens with one attached hydrogen (secondary N) is 2. The first kappa shape index (κ1) is 17.7. The molecule has 0 radical (unpaired) electrons. The molecule has 0 aromatic heterocycles. The van der Waals surface area contributed by atoms with E-state index in [2.05, 4.69) is 26.3 Å². The monoisotopic (exact) mass is 346 g/mol. The second-order valence-electron chi connectivity index (χ2n) is 5.43. The van der Waals surface area contributed by atoms with E-state index >= 15 is 0 Å². The Labute approximate surface area is 137 Å². The zero-order chi connectivity index (χ0) is 16.2. The maximum absolute atomic E-state index is 11.7. The molecule has 22 heavy (non-hydrogen) atoms. The summed E-state index contributed by atoms with van der Waals surface area (Å²) in [6.07, 6.45) is 0. The molecule has 0 saturated carbocycles. The van der Waals surface area contributed by atoms with Crippen LogP contribution in [0.25, 0.3) is 0 Å². The standard InChI is InChI=1S/C14H23ClN4O2S/c1-16-22(20,21)17-11-14(12-5-3-4-6-13(12)15)19-9-7-18(2)8-10-19/h3-6,14,16-17H,7-11H2,1-2H3. The van der Waals surface area contributed by atoms with E-state index in [1.807, 2.05) is 24.3 Å². The van der Waals surface area contributed by atoms with Crippen molar-refractivity contribution in [3.05, 3.63) is 34.9 Å². The minimum atomic E-state index is -3.47. The normalized spacial score (nSPS) is 19.2. The summed E-state index contributed by atoms with van der Waals surface area (Å²) in [6, 6.07) is 7.53. The summed E-state index contributed by atoms with van der Waals surface area (Å²) in [4.78, 5) is 4.54. The Hall–Kier alpha value is -0.700. The third-order valence-electron chi connectivity index (χ3n) is 3.98. The first-order chi connectivity index (χ1) is 10.4. The van der Waals surface area contributed by atoms with Crippen molar-refractivity contribution in [2.45, 2.75) is 6.04 Å². The van der Waals surface area contributed by atoms with Gasteiger partial charge in [-0.3, -0.25) is 4.90 Å². The summed E-state index contributed by atoms with van der Waals surface area (Å²) < 4.78 is 28.2. The highest BCUT2D eigenvalue weighted by molar-refractivity contribution is 7.87. The average Bonchev–Trinajstić information content (AvgIpc) is 2.51. The Morgan fingerprint density at radius 2 is 1.86 bits per heavy atom.